The van der Waals surface area contributed by atoms with Gasteiger partial charge >= 0.3 is 0 Å². The van der Waals surface area contributed by atoms with Crippen LogP contribution in [0, 0.1) is 0 Å². The molecule has 1 aromatic carbocycles. The fourth-order valence-corrected chi connectivity index (χ4v) is 2.17. The van der Waals surface area contributed by atoms with Crippen molar-refractivity contribution in [3.63, 3.8) is 0 Å². The lowest BCUT2D eigenvalue weighted by atomic mass is 10.00. The third kappa shape index (κ3) is 1.35. The van der Waals surface area contributed by atoms with E-state index in [0.29, 0.717) is 0 Å². The van der Waals surface area contributed by atoms with Gasteiger partial charge in [0.2, 0.25) is 0 Å². The van der Waals surface area contributed by atoms with Gasteiger partial charge in [0.25, 0.3) is 0 Å². The Morgan fingerprint density at radius 2 is 1.94 bits per heavy atom. The van der Waals surface area contributed by atoms with E-state index < -0.39 is 0 Å². The number of ether oxygens (including phenoxy) is 2. The number of fused-ring (bicyclic) bond motifs is 3. The number of nitrogens with one attached hydrogen (secondary N) is 2. The van der Waals surface area contributed by atoms with Crippen molar-refractivity contribution in [3.8, 4) is 22.8 Å². The quantitative estimate of drug-likeness (QED) is 0.830. The summed E-state index contributed by atoms with van der Waals surface area (Å²) in [5.74, 6) is 1.61. The number of hydrogen-bond donors (Lipinski definition) is 2. The molecule has 2 N–H and O–H groups in total. The number of methoxy groups -OCH3 is 2. The van der Waals surface area contributed by atoms with Gasteiger partial charge in [0, 0.05) is 12.1 Å². The van der Waals surface area contributed by atoms with Gasteiger partial charge < -0.3 is 14.8 Å². The zero-order valence-corrected chi connectivity index (χ0v) is 9.70. The number of aromatic amines is 1. The van der Waals surface area contributed by atoms with Crippen LogP contribution >= 0.6 is 0 Å². The SMILES string of the molecule is COc1ccc(OC)c2c1NCc1cn[nH]c1-2. The van der Waals surface area contributed by atoms with E-state index in [1.807, 2.05) is 18.3 Å². The van der Waals surface area contributed by atoms with Crippen LogP contribution in [0.2, 0.25) is 0 Å². The molecule has 0 atom stereocenters. The van der Waals surface area contributed by atoms with E-state index in [9.17, 15) is 0 Å². The summed E-state index contributed by atoms with van der Waals surface area (Å²) < 4.78 is 10.7. The molecular weight excluding hydrogens is 218 g/mol. The van der Waals surface area contributed by atoms with Crippen molar-refractivity contribution >= 4 is 5.69 Å². The minimum Gasteiger partial charge on any atom is -0.496 e. The molecule has 2 heterocycles. The highest BCUT2D eigenvalue weighted by Crippen LogP contribution is 2.45. The van der Waals surface area contributed by atoms with Gasteiger partial charge in [-0.05, 0) is 12.1 Å². The highest BCUT2D eigenvalue weighted by Gasteiger charge is 2.24. The number of H-pyrrole nitrogens is 1. The van der Waals surface area contributed by atoms with Gasteiger partial charge in [-0.25, -0.2) is 0 Å². The molecule has 0 aliphatic carbocycles. The van der Waals surface area contributed by atoms with Crippen LogP contribution in [0.25, 0.3) is 11.3 Å². The predicted octanol–water partition coefficient (Wildman–Crippen LogP) is 2.02. The Balaban J connectivity index is 2.30. The van der Waals surface area contributed by atoms with Crippen LogP contribution in [-0.4, -0.2) is 24.4 Å². The molecule has 0 saturated heterocycles. The summed E-state index contributed by atoms with van der Waals surface area (Å²) in [4.78, 5) is 0. The number of hydrogen-bond acceptors (Lipinski definition) is 4. The topological polar surface area (TPSA) is 59.2 Å². The summed E-state index contributed by atoms with van der Waals surface area (Å²) in [5.41, 5.74) is 4.05. The molecule has 0 amide bonds. The molecule has 3 rings (SSSR count). The second-order valence-corrected chi connectivity index (χ2v) is 3.84. The Kier molecular flexibility index (Phi) is 2.18. The number of nitrogens with zero attached hydrogens (tertiary/aromatic N) is 1. The van der Waals surface area contributed by atoms with Crippen molar-refractivity contribution in [2.45, 2.75) is 6.54 Å². The molecule has 5 heteroatoms. The molecule has 0 bridgehead atoms. The zero-order valence-electron chi connectivity index (χ0n) is 9.70. The van der Waals surface area contributed by atoms with E-state index in [1.165, 1.54) is 0 Å². The predicted molar refractivity (Wildman–Crippen MR) is 64.5 cm³/mol. The van der Waals surface area contributed by atoms with Crippen molar-refractivity contribution < 1.29 is 9.47 Å². The van der Waals surface area contributed by atoms with Crippen LogP contribution < -0.4 is 14.8 Å². The second-order valence-electron chi connectivity index (χ2n) is 3.84. The highest BCUT2D eigenvalue weighted by atomic mass is 16.5. The maximum absolute atomic E-state index is 5.40. The van der Waals surface area contributed by atoms with Crippen molar-refractivity contribution in [2.24, 2.45) is 0 Å². The second kappa shape index (κ2) is 3.69. The summed E-state index contributed by atoms with van der Waals surface area (Å²) in [6, 6.07) is 3.79. The number of benzene rings is 1. The van der Waals surface area contributed by atoms with Crippen LogP contribution in [0.3, 0.4) is 0 Å². The smallest absolute Gasteiger partial charge is 0.142 e. The third-order valence-corrected chi connectivity index (χ3v) is 2.99. The summed E-state index contributed by atoms with van der Waals surface area (Å²) >= 11 is 0. The van der Waals surface area contributed by atoms with E-state index in [-0.39, 0.29) is 0 Å². The monoisotopic (exact) mass is 231 g/mol. The number of aromatic nitrogens is 2. The summed E-state index contributed by atoms with van der Waals surface area (Å²) in [6.45, 7) is 0.738. The molecule has 5 nitrogen and oxygen atoms in total. The number of anilines is 1. The van der Waals surface area contributed by atoms with Crippen LogP contribution in [-0.2, 0) is 6.54 Å². The standard InChI is InChI=1S/C12H13N3O2/c1-16-8-3-4-9(17-2)12-10(8)11-7(5-13-12)6-14-15-11/h3-4,6,13H,5H2,1-2H3,(H,14,15). The number of rotatable bonds is 2. The first-order chi connectivity index (χ1) is 8.35. The minimum atomic E-state index is 0.738. The Bertz CT molecular complexity index is 563. The molecule has 1 aliphatic heterocycles. The zero-order chi connectivity index (χ0) is 11.8. The Hall–Kier alpha value is -2.17. The van der Waals surface area contributed by atoms with Gasteiger partial charge in [-0.15, -0.1) is 0 Å². The highest BCUT2D eigenvalue weighted by molar-refractivity contribution is 5.88. The molecule has 0 spiro atoms. The third-order valence-electron chi connectivity index (χ3n) is 2.99. The minimum absolute atomic E-state index is 0.738. The maximum atomic E-state index is 5.40. The van der Waals surface area contributed by atoms with E-state index in [2.05, 4.69) is 15.5 Å². The van der Waals surface area contributed by atoms with Gasteiger partial charge in [0.05, 0.1) is 37.4 Å². The molecule has 1 aliphatic rings. The van der Waals surface area contributed by atoms with E-state index in [4.69, 9.17) is 9.47 Å². The van der Waals surface area contributed by atoms with Crippen LogP contribution in [0.5, 0.6) is 11.5 Å². The van der Waals surface area contributed by atoms with E-state index in [0.717, 1.165) is 40.6 Å². The average Bonchev–Trinajstić information content (AvgIpc) is 2.85. The lowest BCUT2D eigenvalue weighted by Gasteiger charge is -2.22. The Labute approximate surface area is 98.8 Å². The summed E-state index contributed by atoms with van der Waals surface area (Å²) in [7, 11) is 3.32. The van der Waals surface area contributed by atoms with Crippen LogP contribution in [0.1, 0.15) is 5.56 Å². The van der Waals surface area contributed by atoms with Gasteiger partial charge in [-0.1, -0.05) is 0 Å². The molecule has 0 saturated carbocycles. The van der Waals surface area contributed by atoms with Crippen molar-refractivity contribution in [2.75, 3.05) is 19.5 Å². The molecule has 0 fully saturated rings. The molecule has 0 radical (unpaired) electrons. The Morgan fingerprint density at radius 1 is 1.18 bits per heavy atom. The molecule has 17 heavy (non-hydrogen) atoms. The first-order valence-electron chi connectivity index (χ1n) is 5.36. The fourth-order valence-electron chi connectivity index (χ4n) is 2.17. The maximum Gasteiger partial charge on any atom is 0.142 e. The van der Waals surface area contributed by atoms with Crippen LogP contribution in [0.15, 0.2) is 18.3 Å². The van der Waals surface area contributed by atoms with Gasteiger partial charge in [-0.2, -0.15) is 5.10 Å². The molecule has 1 aromatic heterocycles. The van der Waals surface area contributed by atoms with E-state index >= 15 is 0 Å². The largest absolute Gasteiger partial charge is 0.496 e. The average molecular weight is 231 g/mol. The van der Waals surface area contributed by atoms with Gasteiger partial charge in [-0.3, -0.25) is 5.10 Å². The molecule has 88 valence electrons. The van der Waals surface area contributed by atoms with Crippen molar-refractivity contribution in [1.29, 1.82) is 0 Å². The summed E-state index contributed by atoms with van der Waals surface area (Å²) in [6.07, 6.45) is 1.82. The van der Waals surface area contributed by atoms with Gasteiger partial charge in [0.15, 0.2) is 0 Å². The normalized spacial score (nSPS) is 12.4. The lowest BCUT2D eigenvalue weighted by Crippen LogP contribution is -2.09. The van der Waals surface area contributed by atoms with Crippen molar-refractivity contribution in [3.05, 3.63) is 23.9 Å². The van der Waals surface area contributed by atoms with Crippen LogP contribution in [0.4, 0.5) is 5.69 Å². The van der Waals surface area contributed by atoms with Gasteiger partial charge in [0.1, 0.15) is 11.5 Å². The molecule has 2 aromatic rings. The fraction of sp³-hybridized carbons (Fsp3) is 0.250. The molecular formula is C12H13N3O2. The Morgan fingerprint density at radius 3 is 2.71 bits per heavy atom. The molecule has 0 unspecified atom stereocenters. The van der Waals surface area contributed by atoms with E-state index in [1.54, 1.807) is 14.2 Å². The first-order valence-corrected chi connectivity index (χ1v) is 5.36. The lowest BCUT2D eigenvalue weighted by molar-refractivity contribution is 0.405. The van der Waals surface area contributed by atoms with Crippen molar-refractivity contribution in [1.82, 2.24) is 10.2 Å². The summed E-state index contributed by atoms with van der Waals surface area (Å²) in [5, 5.41) is 10.4. The first kappa shape index (κ1) is 10.0.